The zero-order valence-electron chi connectivity index (χ0n) is 12.3. The second-order valence-electron chi connectivity index (χ2n) is 5.26. The molecule has 2 heterocycles. The van der Waals surface area contributed by atoms with Gasteiger partial charge in [-0.2, -0.15) is 0 Å². The van der Waals surface area contributed by atoms with Crippen molar-refractivity contribution in [1.29, 1.82) is 0 Å². The van der Waals surface area contributed by atoms with Gasteiger partial charge in [0.05, 0.1) is 17.5 Å². The molecular formula is C15H17ClN4O2. The summed E-state index contributed by atoms with van der Waals surface area (Å²) < 4.78 is 7.09. The Kier molecular flexibility index (Phi) is 4.40. The van der Waals surface area contributed by atoms with E-state index < -0.39 is 0 Å². The van der Waals surface area contributed by atoms with Crippen molar-refractivity contribution in [2.24, 2.45) is 0 Å². The summed E-state index contributed by atoms with van der Waals surface area (Å²) in [5.41, 5.74) is 1.76. The fourth-order valence-corrected chi connectivity index (χ4v) is 2.67. The highest BCUT2D eigenvalue weighted by Gasteiger charge is 2.20. The number of hydrogen-bond donors (Lipinski definition) is 1. The Bertz CT molecular complexity index is 680. The lowest BCUT2D eigenvalue weighted by molar-refractivity contribution is 0.0853. The summed E-state index contributed by atoms with van der Waals surface area (Å²) in [6.07, 6.45) is 2.13. The van der Waals surface area contributed by atoms with E-state index in [-0.39, 0.29) is 12.0 Å². The van der Waals surface area contributed by atoms with Crippen LogP contribution in [0.5, 0.6) is 0 Å². The van der Waals surface area contributed by atoms with Crippen LogP contribution >= 0.6 is 11.6 Å². The van der Waals surface area contributed by atoms with E-state index in [1.807, 2.05) is 19.1 Å². The zero-order valence-corrected chi connectivity index (χ0v) is 13.0. The zero-order chi connectivity index (χ0) is 15.5. The molecule has 0 spiro atoms. The first kappa shape index (κ1) is 15.0. The number of carbonyl (C=O) groups excluding carboxylic acids is 1. The molecule has 1 aromatic heterocycles. The maximum atomic E-state index is 12.2. The summed E-state index contributed by atoms with van der Waals surface area (Å²) in [5.74, 6) is -0.235. The number of halogens is 1. The van der Waals surface area contributed by atoms with Crippen LogP contribution in [0.2, 0.25) is 5.02 Å². The number of nitrogens with one attached hydrogen (secondary N) is 1. The van der Waals surface area contributed by atoms with Crippen molar-refractivity contribution < 1.29 is 9.53 Å². The first-order valence-electron chi connectivity index (χ1n) is 7.23. The predicted molar refractivity (Wildman–Crippen MR) is 82.4 cm³/mol. The molecular weight excluding hydrogens is 304 g/mol. The standard InChI is InChI=1S/C15H17ClN4O2/c1-10-14(15(21)17-9-13-6-3-7-22-13)18-19-20(10)12-5-2-4-11(16)8-12/h2,4-5,8,13H,3,6-7,9H2,1H3,(H,17,21). The lowest BCUT2D eigenvalue weighted by atomic mass is 10.2. The molecule has 1 atom stereocenters. The number of amides is 1. The predicted octanol–water partition coefficient (Wildman–Crippen LogP) is 2.14. The van der Waals surface area contributed by atoms with E-state index in [1.165, 1.54) is 0 Å². The molecule has 0 aliphatic carbocycles. The molecule has 1 aromatic carbocycles. The largest absolute Gasteiger partial charge is 0.376 e. The molecule has 7 heteroatoms. The van der Waals surface area contributed by atoms with Gasteiger partial charge in [-0.25, -0.2) is 4.68 Å². The van der Waals surface area contributed by atoms with Crippen LogP contribution in [-0.4, -0.2) is 40.2 Å². The van der Waals surface area contributed by atoms with Gasteiger partial charge in [0.2, 0.25) is 0 Å². The van der Waals surface area contributed by atoms with E-state index in [0.29, 0.717) is 23.0 Å². The molecule has 2 aromatic rings. The third kappa shape index (κ3) is 3.13. The quantitative estimate of drug-likeness (QED) is 0.937. The average molecular weight is 321 g/mol. The van der Waals surface area contributed by atoms with Gasteiger partial charge in [-0.05, 0) is 38.0 Å². The Morgan fingerprint density at radius 3 is 3.14 bits per heavy atom. The number of nitrogens with zero attached hydrogens (tertiary/aromatic N) is 3. The number of hydrogen-bond acceptors (Lipinski definition) is 4. The molecule has 1 aliphatic rings. The topological polar surface area (TPSA) is 69.0 Å². The Morgan fingerprint density at radius 2 is 2.41 bits per heavy atom. The van der Waals surface area contributed by atoms with Crippen LogP contribution in [0, 0.1) is 6.92 Å². The number of ether oxygens (including phenoxy) is 1. The lowest BCUT2D eigenvalue weighted by Crippen LogP contribution is -2.32. The van der Waals surface area contributed by atoms with Crippen molar-refractivity contribution in [3.05, 3.63) is 40.7 Å². The number of benzene rings is 1. The molecule has 6 nitrogen and oxygen atoms in total. The van der Waals surface area contributed by atoms with Crippen LogP contribution in [0.15, 0.2) is 24.3 Å². The highest BCUT2D eigenvalue weighted by atomic mass is 35.5. The van der Waals surface area contributed by atoms with Crippen LogP contribution in [-0.2, 0) is 4.74 Å². The molecule has 1 saturated heterocycles. The molecule has 1 N–H and O–H groups in total. The van der Waals surface area contributed by atoms with Gasteiger partial charge in [-0.3, -0.25) is 4.79 Å². The second kappa shape index (κ2) is 6.46. The number of carbonyl (C=O) groups is 1. The lowest BCUT2D eigenvalue weighted by Gasteiger charge is -2.10. The van der Waals surface area contributed by atoms with Gasteiger partial charge in [0.1, 0.15) is 0 Å². The number of rotatable bonds is 4. The van der Waals surface area contributed by atoms with Gasteiger partial charge in [0, 0.05) is 18.2 Å². The summed E-state index contributed by atoms with van der Waals surface area (Å²) in [7, 11) is 0. The normalized spacial score (nSPS) is 17.6. The van der Waals surface area contributed by atoms with Crippen molar-refractivity contribution in [3.8, 4) is 5.69 Å². The average Bonchev–Trinajstić information content (AvgIpc) is 3.14. The summed E-state index contributed by atoms with van der Waals surface area (Å²) >= 11 is 5.98. The van der Waals surface area contributed by atoms with Crippen LogP contribution < -0.4 is 5.32 Å². The minimum atomic E-state index is -0.235. The molecule has 22 heavy (non-hydrogen) atoms. The molecule has 116 valence electrons. The van der Waals surface area contributed by atoms with Crippen LogP contribution in [0.25, 0.3) is 5.69 Å². The maximum Gasteiger partial charge on any atom is 0.273 e. The van der Waals surface area contributed by atoms with Gasteiger partial charge in [0.25, 0.3) is 5.91 Å². The van der Waals surface area contributed by atoms with Crippen LogP contribution in [0.1, 0.15) is 29.0 Å². The minimum absolute atomic E-state index is 0.104. The molecule has 0 radical (unpaired) electrons. The Morgan fingerprint density at radius 1 is 1.55 bits per heavy atom. The van der Waals surface area contributed by atoms with E-state index in [9.17, 15) is 4.79 Å². The summed E-state index contributed by atoms with van der Waals surface area (Å²) in [5, 5.41) is 11.5. The minimum Gasteiger partial charge on any atom is -0.376 e. The highest BCUT2D eigenvalue weighted by molar-refractivity contribution is 6.30. The summed E-state index contributed by atoms with van der Waals surface area (Å²) in [4.78, 5) is 12.2. The van der Waals surface area contributed by atoms with Crippen molar-refractivity contribution in [1.82, 2.24) is 20.3 Å². The van der Waals surface area contributed by atoms with Crippen molar-refractivity contribution >= 4 is 17.5 Å². The van der Waals surface area contributed by atoms with E-state index in [1.54, 1.807) is 16.8 Å². The van der Waals surface area contributed by atoms with E-state index in [4.69, 9.17) is 16.3 Å². The van der Waals surface area contributed by atoms with Crippen LogP contribution in [0.4, 0.5) is 0 Å². The molecule has 0 saturated carbocycles. The third-order valence-electron chi connectivity index (χ3n) is 3.68. The summed E-state index contributed by atoms with van der Waals surface area (Å²) in [6, 6.07) is 7.25. The van der Waals surface area contributed by atoms with Crippen molar-refractivity contribution in [2.75, 3.05) is 13.2 Å². The maximum absolute atomic E-state index is 12.2. The van der Waals surface area contributed by atoms with Gasteiger partial charge in [-0.1, -0.05) is 22.9 Å². The molecule has 0 bridgehead atoms. The molecule has 3 rings (SSSR count). The van der Waals surface area contributed by atoms with E-state index in [0.717, 1.165) is 25.1 Å². The SMILES string of the molecule is Cc1c(C(=O)NCC2CCCO2)nnn1-c1cccc(Cl)c1. The third-order valence-corrected chi connectivity index (χ3v) is 3.91. The Hall–Kier alpha value is -1.92. The fourth-order valence-electron chi connectivity index (χ4n) is 2.49. The highest BCUT2D eigenvalue weighted by Crippen LogP contribution is 2.17. The van der Waals surface area contributed by atoms with E-state index in [2.05, 4.69) is 15.6 Å². The van der Waals surface area contributed by atoms with Crippen LogP contribution in [0.3, 0.4) is 0 Å². The molecule has 1 unspecified atom stereocenters. The van der Waals surface area contributed by atoms with Gasteiger partial charge >= 0.3 is 0 Å². The molecule has 1 aliphatic heterocycles. The monoisotopic (exact) mass is 320 g/mol. The second-order valence-corrected chi connectivity index (χ2v) is 5.70. The first-order valence-corrected chi connectivity index (χ1v) is 7.61. The smallest absolute Gasteiger partial charge is 0.273 e. The van der Waals surface area contributed by atoms with Gasteiger partial charge in [-0.15, -0.1) is 5.10 Å². The van der Waals surface area contributed by atoms with Gasteiger partial charge in [0.15, 0.2) is 5.69 Å². The molecule has 1 amide bonds. The van der Waals surface area contributed by atoms with Crippen molar-refractivity contribution in [2.45, 2.75) is 25.9 Å². The summed E-state index contributed by atoms with van der Waals surface area (Å²) in [6.45, 7) is 3.08. The number of aromatic nitrogens is 3. The Labute approximate surface area is 133 Å². The van der Waals surface area contributed by atoms with Crippen molar-refractivity contribution in [3.63, 3.8) is 0 Å². The van der Waals surface area contributed by atoms with Gasteiger partial charge < -0.3 is 10.1 Å². The Balaban J connectivity index is 1.73. The fraction of sp³-hybridized carbons (Fsp3) is 0.400. The van der Waals surface area contributed by atoms with E-state index >= 15 is 0 Å². The molecule has 1 fully saturated rings. The first-order chi connectivity index (χ1) is 10.6.